The zero-order chi connectivity index (χ0) is 18.2. The van der Waals surface area contributed by atoms with Crippen LogP contribution in [-0.2, 0) is 10.0 Å². The monoisotopic (exact) mass is 354 g/mol. The molecule has 0 saturated carbocycles. The van der Waals surface area contributed by atoms with Crippen molar-refractivity contribution in [1.29, 1.82) is 0 Å². The fourth-order valence-corrected chi connectivity index (χ4v) is 4.16. The van der Waals surface area contributed by atoms with Crippen molar-refractivity contribution in [2.45, 2.75) is 18.7 Å². The van der Waals surface area contributed by atoms with Gasteiger partial charge in [0.15, 0.2) is 0 Å². The molecule has 3 aromatic carbocycles. The number of hydrogen-bond acceptors (Lipinski definition) is 4. The number of rotatable bonds is 4. The lowest BCUT2D eigenvalue weighted by atomic mass is 10.1. The predicted octanol–water partition coefficient (Wildman–Crippen LogP) is 2.62. The normalized spacial score (nSPS) is 11.4. The second kappa shape index (κ2) is 6.22. The average molecular weight is 354 g/mol. The van der Waals surface area contributed by atoms with Crippen LogP contribution in [0.15, 0.2) is 59.5 Å². The summed E-state index contributed by atoms with van der Waals surface area (Å²) in [6.45, 7) is 3.31. The molecular formula is C19H16NO4S-. The highest BCUT2D eigenvalue weighted by atomic mass is 32.2. The molecule has 5 nitrogen and oxygen atoms in total. The number of carbonyl (C=O) groups is 1. The van der Waals surface area contributed by atoms with Gasteiger partial charge in [-0.05, 0) is 54.1 Å². The van der Waals surface area contributed by atoms with Gasteiger partial charge in [0.05, 0.1) is 16.6 Å². The minimum Gasteiger partial charge on any atom is -0.545 e. The Labute approximate surface area is 146 Å². The van der Waals surface area contributed by atoms with Gasteiger partial charge < -0.3 is 9.90 Å². The maximum absolute atomic E-state index is 12.9. The number of benzene rings is 3. The third-order valence-electron chi connectivity index (χ3n) is 4.18. The molecule has 0 aliphatic rings. The third-order valence-corrected chi connectivity index (χ3v) is 5.67. The van der Waals surface area contributed by atoms with E-state index in [4.69, 9.17) is 0 Å². The van der Waals surface area contributed by atoms with Crippen LogP contribution in [0.5, 0.6) is 0 Å². The Morgan fingerprint density at radius 2 is 1.68 bits per heavy atom. The molecule has 0 aromatic heterocycles. The number of carbonyl (C=O) groups excluding carboxylic acids is 1. The second-order valence-electron chi connectivity index (χ2n) is 5.84. The maximum atomic E-state index is 12.9. The number of aromatic carboxylic acids is 1. The molecule has 0 atom stereocenters. The quantitative estimate of drug-likeness (QED) is 0.780. The number of aryl methyl sites for hydroxylation is 1. The topological polar surface area (TPSA) is 86.3 Å². The van der Waals surface area contributed by atoms with Crippen molar-refractivity contribution < 1.29 is 18.3 Å². The average Bonchev–Trinajstić information content (AvgIpc) is 2.57. The molecule has 0 aliphatic carbocycles. The van der Waals surface area contributed by atoms with Crippen LogP contribution < -0.4 is 9.83 Å². The number of anilines is 1. The van der Waals surface area contributed by atoms with E-state index in [0.717, 1.165) is 16.8 Å². The highest BCUT2D eigenvalue weighted by molar-refractivity contribution is 7.92. The van der Waals surface area contributed by atoms with E-state index >= 15 is 0 Å². The van der Waals surface area contributed by atoms with Crippen molar-refractivity contribution in [1.82, 2.24) is 0 Å². The highest BCUT2D eigenvalue weighted by Crippen LogP contribution is 2.28. The van der Waals surface area contributed by atoms with Crippen molar-refractivity contribution in [3.05, 3.63) is 71.3 Å². The molecule has 6 heteroatoms. The first-order chi connectivity index (χ1) is 11.8. The predicted molar refractivity (Wildman–Crippen MR) is 95.0 cm³/mol. The van der Waals surface area contributed by atoms with Gasteiger partial charge in [-0.25, -0.2) is 8.42 Å². The zero-order valence-electron chi connectivity index (χ0n) is 13.7. The lowest BCUT2D eigenvalue weighted by Crippen LogP contribution is -2.24. The summed E-state index contributed by atoms with van der Waals surface area (Å²) >= 11 is 0. The Kier molecular flexibility index (Phi) is 4.22. The number of nitrogens with one attached hydrogen (secondary N) is 1. The Morgan fingerprint density at radius 3 is 2.40 bits per heavy atom. The summed E-state index contributed by atoms with van der Waals surface area (Å²) in [5, 5.41) is 12.8. The fraction of sp³-hybridized carbons (Fsp3) is 0.105. The first-order valence-electron chi connectivity index (χ1n) is 7.63. The number of carboxylic acids is 1. The largest absolute Gasteiger partial charge is 0.545 e. The van der Waals surface area contributed by atoms with E-state index in [1.807, 2.05) is 30.3 Å². The van der Waals surface area contributed by atoms with Gasteiger partial charge in [0.1, 0.15) is 0 Å². The Bertz CT molecular complexity index is 1080. The number of fused-ring (bicyclic) bond motifs is 1. The first kappa shape index (κ1) is 17.0. The van der Waals surface area contributed by atoms with Gasteiger partial charge in [-0.1, -0.05) is 36.4 Å². The minimum atomic E-state index is -3.96. The van der Waals surface area contributed by atoms with E-state index < -0.39 is 16.0 Å². The molecule has 0 radical (unpaired) electrons. The van der Waals surface area contributed by atoms with Gasteiger partial charge in [0.2, 0.25) is 0 Å². The van der Waals surface area contributed by atoms with Crippen LogP contribution in [0.2, 0.25) is 0 Å². The van der Waals surface area contributed by atoms with Gasteiger partial charge in [0, 0.05) is 5.39 Å². The highest BCUT2D eigenvalue weighted by Gasteiger charge is 2.20. The minimum absolute atomic E-state index is 0.0698. The molecule has 0 unspecified atom stereocenters. The molecular weight excluding hydrogens is 338 g/mol. The van der Waals surface area contributed by atoms with Crippen LogP contribution >= 0.6 is 0 Å². The van der Waals surface area contributed by atoms with E-state index in [1.54, 1.807) is 26.0 Å². The van der Waals surface area contributed by atoms with Gasteiger partial charge in [-0.15, -0.1) is 0 Å². The standard InChI is InChI=1S/C19H17NO4S/c1-12-10-15(19(21)22)11-18(13(12)2)25(23,24)20-17-9-5-7-14-6-3-4-8-16(14)17/h3-11,20H,1-2H3,(H,21,22)/p-1. The van der Waals surface area contributed by atoms with Crippen LogP contribution in [0.1, 0.15) is 21.5 Å². The molecule has 128 valence electrons. The summed E-state index contributed by atoms with van der Waals surface area (Å²) in [6, 6.07) is 15.3. The molecule has 1 N–H and O–H groups in total. The van der Waals surface area contributed by atoms with Crippen LogP contribution in [0.3, 0.4) is 0 Å². The lowest BCUT2D eigenvalue weighted by Gasteiger charge is -2.15. The van der Waals surface area contributed by atoms with Crippen molar-refractivity contribution in [3.8, 4) is 0 Å². The van der Waals surface area contributed by atoms with Crippen molar-refractivity contribution in [3.63, 3.8) is 0 Å². The molecule has 0 heterocycles. The molecule has 0 saturated heterocycles. The van der Waals surface area contributed by atoms with E-state index in [-0.39, 0.29) is 10.5 Å². The fourth-order valence-electron chi connectivity index (χ4n) is 2.74. The maximum Gasteiger partial charge on any atom is 0.262 e. The smallest absolute Gasteiger partial charge is 0.262 e. The van der Waals surface area contributed by atoms with Crippen LogP contribution in [0.4, 0.5) is 5.69 Å². The van der Waals surface area contributed by atoms with Gasteiger partial charge >= 0.3 is 0 Å². The van der Waals surface area contributed by atoms with Crippen molar-refractivity contribution >= 4 is 32.5 Å². The van der Waals surface area contributed by atoms with E-state index in [1.165, 1.54) is 6.07 Å². The first-order valence-corrected chi connectivity index (χ1v) is 9.11. The molecule has 25 heavy (non-hydrogen) atoms. The molecule has 3 rings (SSSR count). The third kappa shape index (κ3) is 3.21. The van der Waals surface area contributed by atoms with Gasteiger partial charge in [-0.2, -0.15) is 0 Å². The van der Waals surface area contributed by atoms with E-state index in [0.29, 0.717) is 16.8 Å². The number of carboxylic acid groups (broad SMARTS) is 1. The summed E-state index contributed by atoms with van der Waals surface area (Å²) < 4.78 is 28.3. The Balaban J connectivity index is 2.13. The van der Waals surface area contributed by atoms with Gasteiger partial charge in [-0.3, -0.25) is 4.72 Å². The molecule has 0 spiro atoms. The summed E-state index contributed by atoms with van der Waals surface area (Å²) in [7, 11) is -3.96. The molecule has 0 fully saturated rings. The SMILES string of the molecule is Cc1cc(C(=O)[O-])cc(S(=O)(=O)Nc2cccc3ccccc23)c1C. The van der Waals surface area contributed by atoms with E-state index in [9.17, 15) is 18.3 Å². The molecule has 0 bridgehead atoms. The van der Waals surface area contributed by atoms with Gasteiger partial charge in [0.25, 0.3) is 10.0 Å². The summed E-state index contributed by atoms with van der Waals surface area (Å²) in [5.41, 5.74) is 1.34. The van der Waals surface area contributed by atoms with Crippen LogP contribution in [0, 0.1) is 13.8 Å². The summed E-state index contributed by atoms with van der Waals surface area (Å²) in [5.74, 6) is -1.41. The Hall–Kier alpha value is -2.86. The molecule has 0 amide bonds. The van der Waals surface area contributed by atoms with Crippen molar-refractivity contribution in [2.75, 3.05) is 4.72 Å². The van der Waals surface area contributed by atoms with Crippen molar-refractivity contribution in [2.24, 2.45) is 0 Å². The molecule has 3 aromatic rings. The lowest BCUT2D eigenvalue weighted by molar-refractivity contribution is -0.255. The molecule has 0 aliphatic heterocycles. The second-order valence-corrected chi connectivity index (χ2v) is 7.49. The zero-order valence-corrected chi connectivity index (χ0v) is 14.6. The summed E-state index contributed by atoms with van der Waals surface area (Å²) in [4.78, 5) is 11.1. The number of hydrogen-bond donors (Lipinski definition) is 1. The van der Waals surface area contributed by atoms with E-state index in [2.05, 4.69) is 4.72 Å². The number of sulfonamides is 1. The Morgan fingerprint density at radius 1 is 1.00 bits per heavy atom. The van der Waals surface area contributed by atoms with Crippen LogP contribution in [0.25, 0.3) is 10.8 Å². The van der Waals surface area contributed by atoms with Crippen LogP contribution in [-0.4, -0.2) is 14.4 Å². The summed E-state index contributed by atoms with van der Waals surface area (Å²) in [6.07, 6.45) is 0.